The monoisotopic (exact) mass is 498 g/mol. The van der Waals surface area contributed by atoms with E-state index in [1.807, 2.05) is 17.7 Å². The lowest BCUT2D eigenvalue weighted by Gasteiger charge is -2.24. The summed E-state index contributed by atoms with van der Waals surface area (Å²) >= 11 is 0. The number of carbonyl (C=O) groups is 1. The molecule has 1 unspecified atom stereocenters. The van der Waals surface area contributed by atoms with Crippen LogP contribution in [-0.4, -0.2) is 58.7 Å². The molecule has 36 heavy (non-hydrogen) atoms. The molecule has 0 saturated carbocycles. The van der Waals surface area contributed by atoms with E-state index in [1.165, 1.54) is 13.3 Å². The number of aromatic nitrogens is 2. The van der Waals surface area contributed by atoms with Crippen molar-refractivity contribution in [2.45, 2.75) is 25.6 Å². The fraction of sp³-hybridized carbons (Fsp3) is 0.280. The SMILES string of the molecule is COc1cc(/C(C=NC2C(=O)N(CC(F)(F)F)CCc3ccccc32)=N/N)ccc1-n1cnc(C)c1. The number of carbonyl (C=O) groups excluding carboxylic acids is 1. The van der Waals surface area contributed by atoms with Gasteiger partial charge in [0.25, 0.3) is 5.91 Å². The van der Waals surface area contributed by atoms with E-state index < -0.39 is 24.7 Å². The molecule has 0 radical (unpaired) electrons. The van der Waals surface area contributed by atoms with Crippen molar-refractivity contribution in [3.8, 4) is 11.4 Å². The maximum Gasteiger partial charge on any atom is 0.406 e. The number of alkyl halides is 3. The van der Waals surface area contributed by atoms with Crippen molar-refractivity contribution in [1.82, 2.24) is 14.5 Å². The van der Waals surface area contributed by atoms with Crippen LogP contribution < -0.4 is 10.6 Å². The van der Waals surface area contributed by atoms with Gasteiger partial charge in [-0.1, -0.05) is 30.3 Å². The van der Waals surface area contributed by atoms with Crippen molar-refractivity contribution >= 4 is 17.8 Å². The molecule has 2 N–H and O–H groups in total. The van der Waals surface area contributed by atoms with Crippen LogP contribution in [-0.2, 0) is 11.2 Å². The Hall–Kier alpha value is -4.15. The first-order valence-corrected chi connectivity index (χ1v) is 11.1. The molecule has 1 atom stereocenters. The molecular formula is C25H25F3N6O2. The van der Waals surface area contributed by atoms with Crippen LogP contribution in [0.15, 0.2) is 65.1 Å². The van der Waals surface area contributed by atoms with Gasteiger partial charge in [-0.2, -0.15) is 18.3 Å². The van der Waals surface area contributed by atoms with Gasteiger partial charge in [0.1, 0.15) is 18.0 Å². The first kappa shape index (κ1) is 25.0. The van der Waals surface area contributed by atoms with Crippen LogP contribution in [0.1, 0.15) is 28.4 Å². The number of hydrogen-bond donors (Lipinski definition) is 1. The fourth-order valence-corrected chi connectivity index (χ4v) is 4.15. The van der Waals surface area contributed by atoms with E-state index in [9.17, 15) is 18.0 Å². The predicted molar refractivity (Wildman–Crippen MR) is 130 cm³/mol. The molecule has 1 aliphatic rings. The third-order valence-corrected chi connectivity index (χ3v) is 5.87. The zero-order chi connectivity index (χ0) is 25.9. The van der Waals surface area contributed by atoms with Gasteiger partial charge in [0, 0.05) is 18.3 Å². The molecule has 188 valence electrons. The van der Waals surface area contributed by atoms with Gasteiger partial charge in [-0.25, -0.2) is 4.98 Å². The number of hydrazone groups is 1. The minimum absolute atomic E-state index is 0.0500. The third kappa shape index (κ3) is 5.40. The van der Waals surface area contributed by atoms with Crippen LogP contribution in [0, 0.1) is 6.92 Å². The largest absolute Gasteiger partial charge is 0.495 e. The van der Waals surface area contributed by atoms with E-state index in [1.54, 1.807) is 48.8 Å². The average Bonchev–Trinajstić information content (AvgIpc) is 3.24. The number of nitrogens with zero attached hydrogens (tertiary/aromatic N) is 5. The Morgan fingerprint density at radius 3 is 2.72 bits per heavy atom. The Labute approximate surface area is 205 Å². The Morgan fingerprint density at radius 2 is 2.06 bits per heavy atom. The molecular weight excluding hydrogens is 473 g/mol. The number of methoxy groups -OCH3 is 1. The molecule has 1 aliphatic heterocycles. The van der Waals surface area contributed by atoms with E-state index in [-0.39, 0.29) is 12.3 Å². The fourth-order valence-electron chi connectivity index (χ4n) is 4.15. The van der Waals surface area contributed by atoms with Crippen LogP contribution in [0.4, 0.5) is 13.2 Å². The molecule has 0 saturated heterocycles. The highest BCUT2D eigenvalue weighted by atomic mass is 19.4. The van der Waals surface area contributed by atoms with Gasteiger partial charge in [-0.3, -0.25) is 9.79 Å². The van der Waals surface area contributed by atoms with E-state index in [0.717, 1.165) is 21.8 Å². The first-order valence-electron chi connectivity index (χ1n) is 11.1. The third-order valence-electron chi connectivity index (χ3n) is 5.87. The van der Waals surface area contributed by atoms with Crippen molar-refractivity contribution in [2.75, 3.05) is 20.2 Å². The summed E-state index contributed by atoms with van der Waals surface area (Å²) in [5.41, 5.74) is 3.70. The predicted octanol–water partition coefficient (Wildman–Crippen LogP) is 3.61. The van der Waals surface area contributed by atoms with Gasteiger partial charge in [0.2, 0.25) is 0 Å². The summed E-state index contributed by atoms with van der Waals surface area (Å²) < 4.78 is 46.7. The molecule has 2 heterocycles. The lowest BCUT2D eigenvalue weighted by Crippen LogP contribution is -2.41. The number of imidazole rings is 1. The minimum atomic E-state index is -4.52. The second kappa shape index (κ2) is 10.2. The summed E-state index contributed by atoms with van der Waals surface area (Å²) in [5.74, 6) is 5.42. The molecule has 3 aromatic rings. The number of aliphatic imine (C=N–C) groups is 1. The van der Waals surface area contributed by atoms with Gasteiger partial charge in [-0.15, -0.1) is 0 Å². The average molecular weight is 499 g/mol. The number of nitrogens with two attached hydrogens (primary N) is 1. The highest BCUT2D eigenvalue weighted by Gasteiger charge is 2.37. The van der Waals surface area contributed by atoms with E-state index in [4.69, 9.17) is 10.6 Å². The molecule has 11 heteroatoms. The zero-order valence-corrected chi connectivity index (χ0v) is 19.7. The molecule has 0 bridgehead atoms. The maximum atomic E-state index is 13.1. The Morgan fingerprint density at radius 1 is 1.28 bits per heavy atom. The number of halogens is 3. The molecule has 8 nitrogen and oxygen atoms in total. The van der Waals surface area contributed by atoms with Crippen LogP contribution in [0.3, 0.4) is 0 Å². The molecule has 4 rings (SSSR count). The maximum absolute atomic E-state index is 13.1. The summed E-state index contributed by atoms with van der Waals surface area (Å²) in [4.78, 5) is 22.5. The van der Waals surface area contributed by atoms with Crippen molar-refractivity contribution in [2.24, 2.45) is 15.9 Å². The number of hydrogen-bond acceptors (Lipinski definition) is 6. The van der Waals surface area contributed by atoms with Crippen molar-refractivity contribution in [1.29, 1.82) is 0 Å². The first-order chi connectivity index (χ1) is 17.2. The number of amides is 1. The second-order valence-corrected chi connectivity index (χ2v) is 8.33. The number of aryl methyl sites for hydroxylation is 1. The van der Waals surface area contributed by atoms with Crippen LogP contribution in [0.5, 0.6) is 5.75 Å². The molecule has 0 spiro atoms. The molecule has 0 fully saturated rings. The normalized spacial score (nSPS) is 16.8. The van der Waals surface area contributed by atoms with Gasteiger partial charge in [0.05, 0.1) is 31.0 Å². The van der Waals surface area contributed by atoms with Crippen molar-refractivity contribution in [3.05, 3.63) is 77.4 Å². The van der Waals surface area contributed by atoms with E-state index >= 15 is 0 Å². The zero-order valence-electron chi connectivity index (χ0n) is 19.7. The van der Waals surface area contributed by atoms with Crippen LogP contribution in [0.25, 0.3) is 5.69 Å². The number of ether oxygens (including phenoxy) is 1. The number of rotatable bonds is 6. The summed E-state index contributed by atoms with van der Waals surface area (Å²) in [7, 11) is 1.52. The van der Waals surface area contributed by atoms with Crippen LogP contribution in [0.2, 0.25) is 0 Å². The number of fused-ring (bicyclic) bond motifs is 1. The summed E-state index contributed by atoms with van der Waals surface area (Å²) in [6, 6.07) is 11.1. The highest BCUT2D eigenvalue weighted by molar-refractivity contribution is 6.38. The standard InChI is InChI=1S/C25H25F3N6O2/c1-16-13-34(15-31-16)21-8-7-18(11-22(21)36-2)20(32-29)12-30-23-19-6-4-3-5-17(19)9-10-33(24(23)35)14-25(26,27)28/h3-8,11-13,15,23H,9-10,14,29H2,1-2H3/b30-12?,32-20+. The summed E-state index contributed by atoms with van der Waals surface area (Å²) in [5, 5.41) is 3.80. The van der Waals surface area contributed by atoms with Gasteiger partial charge >= 0.3 is 6.18 Å². The van der Waals surface area contributed by atoms with Gasteiger partial charge < -0.3 is 20.0 Å². The van der Waals surface area contributed by atoms with Gasteiger partial charge in [-0.05, 0) is 36.6 Å². The lowest BCUT2D eigenvalue weighted by atomic mass is 9.99. The Kier molecular flexibility index (Phi) is 7.09. The summed E-state index contributed by atoms with van der Waals surface area (Å²) in [6.45, 7) is 0.484. The molecule has 2 aromatic carbocycles. The lowest BCUT2D eigenvalue weighted by molar-refractivity contribution is -0.161. The topological polar surface area (TPSA) is 98.1 Å². The smallest absolute Gasteiger partial charge is 0.406 e. The Balaban J connectivity index is 1.67. The number of benzene rings is 2. The van der Waals surface area contributed by atoms with Crippen LogP contribution >= 0.6 is 0 Å². The highest BCUT2D eigenvalue weighted by Crippen LogP contribution is 2.30. The van der Waals surface area contributed by atoms with Crippen molar-refractivity contribution in [3.63, 3.8) is 0 Å². The molecule has 1 amide bonds. The Bertz CT molecular complexity index is 1320. The van der Waals surface area contributed by atoms with E-state index in [2.05, 4.69) is 15.1 Å². The van der Waals surface area contributed by atoms with Crippen molar-refractivity contribution < 1.29 is 22.7 Å². The van der Waals surface area contributed by atoms with Gasteiger partial charge in [0.15, 0.2) is 6.04 Å². The quantitative estimate of drug-likeness (QED) is 0.319. The van der Waals surface area contributed by atoms with E-state index in [0.29, 0.717) is 23.3 Å². The molecule has 1 aromatic heterocycles. The second-order valence-electron chi connectivity index (χ2n) is 8.33. The molecule has 0 aliphatic carbocycles. The summed E-state index contributed by atoms with van der Waals surface area (Å²) in [6.07, 6.45) is 0.601. The minimum Gasteiger partial charge on any atom is -0.495 e.